The number of carbonyl (C=O) groups is 1. The predicted molar refractivity (Wildman–Crippen MR) is 72.3 cm³/mol. The Balaban J connectivity index is 2.52. The molecule has 0 aliphatic carbocycles. The molecule has 0 aliphatic heterocycles. The Kier molecular flexibility index (Phi) is 3.65. The van der Waals surface area contributed by atoms with Gasteiger partial charge < -0.3 is 4.74 Å². The number of halogens is 1. The van der Waals surface area contributed by atoms with Gasteiger partial charge in [-0.05, 0) is 43.7 Å². The fourth-order valence-corrected chi connectivity index (χ4v) is 1.95. The summed E-state index contributed by atoms with van der Waals surface area (Å²) in [6.07, 6.45) is 0. The molecule has 2 aromatic rings. The summed E-state index contributed by atoms with van der Waals surface area (Å²) in [5, 5.41) is 0. The molecule has 0 N–H and O–H groups in total. The van der Waals surface area contributed by atoms with Crippen LogP contribution in [0.1, 0.15) is 27.0 Å². The van der Waals surface area contributed by atoms with Crippen LogP contribution in [-0.4, -0.2) is 12.9 Å². The van der Waals surface area contributed by atoms with Crippen LogP contribution < -0.4 is 4.74 Å². The normalized spacial score (nSPS) is 10.3. The van der Waals surface area contributed by atoms with Gasteiger partial charge in [-0.25, -0.2) is 4.39 Å². The molecule has 0 aliphatic rings. The van der Waals surface area contributed by atoms with E-state index in [-0.39, 0.29) is 11.3 Å². The number of aryl methyl sites for hydroxylation is 2. The van der Waals surface area contributed by atoms with Gasteiger partial charge in [-0.15, -0.1) is 0 Å². The van der Waals surface area contributed by atoms with Crippen molar-refractivity contribution in [2.75, 3.05) is 7.11 Å². The Morgan fingerprint density at radius 2 is 1.63 bits per heavy atom. The van der Waals surface area contributed by atoms with Crippen LogP contribution in [0.3, 0.4) is 0 Å². The number of rotatable bonds is 3. The van der Waals surface area contributed by atoms with Crippen molar-refractivity contribution in [3.8, 4) is 5.75 Å². The lowest BCUT2D eigenvalue weighted by atomic mass is 9.99. The van der Waals surface area contributed by atoms with Crippen molar-refractivity contribution in [1.82, 2.24) is 0 Å². The summed E-state index contributed by atoms with van der Waals surface area (Å²) in [7, 11) is 1.49. The molecular weight excluding hydrogens is 243 g/mol. The third-order valence-corrected chi connectivity index (χ3v) is 2.97. The van der Waals surface area contributed by atoms with Crippen LogP contribution in [0, 0.1) is 19.7 Å². The average molecular weight is 258 g/mol. The zero-order valence-corrected chi connectivity index (χ0v) is 11.2. The molecule has 0 bridgehead atoms. The highest BCUT2D eigenvalue weighted by Crippen LogP contribution is 2.24. The van der Waals surface area contributed by atoms with Crippen molar-refractivity contribution in [3.63, 3.8) is 0 Å². The van der Waals surface area contributed by atoms with Crippen molar-refractivity contribution >= 4 is 5.78 Å². The molecule has 0 saturated carbocycles. The maximum Gasteiger partial charge on any atom is 0.199 e. The van der Waals surface area contributed by atoms with E-state index >= 15 is 0 Å². The summed E-state index contributed by atoms with van der Waals surface area (Å²) >= 11 is 0. The standard InChI is InChI=1S/C16H15FO2/c1-10-5-7-15(19-3)13(8-10)16(18)12-6-4-11(2)9-14(12)17/h4-9H,1-3H3. The maximum atomic E-state index is 13.9. The summed E-state index contributed by atoms with van der Waals surface area (Å²) < 4.78 is 19.0. The topological polar surface area (TPSA) is 26.3 Å². The minimum absolute atomic E-state index is 0.0644. The van der Waals surface area contributed by atoms with Gasteiger partial charge in [-0.3, -0.25) is 4.79 Å². The Bertz CT molecular complexity index is 633. The predicted octanol–water partition coefficient (Wildman–Crippen LogP) is 3.68. The van der Waals surface area contributed by atoms with Gasteiger partial charge in [0.25, 0.3) is 0 Å². The highest BCUT2D eigenvalue weighted by atomic mass is 19.1. The van der Waals surface area contributed by atoms with Crippen molar-refractivity contribution in [2.24, 2.45) is 0 Å². The SMILES string of the molecule is COc1ccc(C)cc1C(=O)c1ccc(C)cc1F. The first-order valence-corrected chi connectivity index (χ1v) is 5.98. The summed E-state index contributed by atoms with van der Waals surface area (Å²) in [5.41, 5.74) is 2.15. The second kappa shape index (κ2) is 5.22. The van der Waals surface area contributed by atoms with Gasteiger partial charge in [0.1, 0.15) is 11.6 Å². The fourth-order valence-electron chi connectivity index (χ4n) is 1.95. The lowest BCUT2D eigenvalue weighted by Crippen LogP contribution is -2.07. The summed E-state index contributed by atoms with van der Waals surface area (Å²) in [5.74, 6) is -0.415. The van der Waals surface area contributed by atoms with Gasteiger partial charge in [0.05, 0.1) is 18.2 Å². The zero-order valence-electron chi connectivity index (χ0n) is 11.2. The van der Waals surface area contributed by atoms with E-state index in [1.807, 2.05) is 13.0 Å². The van der Waals surface area contributed by atoms with Crippen molar-refractivity contribution in [3.05, 3.63) is 64.5 Å². The van der Waals surface area contributed by atoms with Gasteiger partial charge in [0.15, 0.2) is 5.78 Å². The molecule has 0 heterocycles. The first-order chi connectivity index (χ1) is 9.02. The second-order valence-corrected chi connectivity index (χ2v) is 4.52. The van der Waals surface area contributed by atoms with Crippen molar-refractivity contribution in [2.45, 2.75) is 13.8 Å². The molecule has 2 rings (SSSR count). The van der Waals surface area contributed by atoms with Gasteiger partial charge in [-0.2, -0.15) is 0 Å². The molecule has 0 saturated heterocycles. The smallest absolute Gasteiger partial charge is 0.199 e. The largest absolute Gasteiger partial charge is 0.496 e. The summed E-state index contributed by atoms with van der Waals surface area (Å²) in [6.45, 7) is 3.66. The van der Waals surface area contributed by atoms with Crippen LogP contribution in [0.4, 0.5) is 4.39 Å². The van der Waals surface area contributed by atoms with E-state index in [1.54, 1.807) is 25.1 Å². The van der Waals surface area contributed by atoms with E-state index in [0.717, 1.165) is 11.1 Å². The summed E-state index contributed by atoms with van der Waals surface area (Å²) in [6, 6.07) is 9.86. The Morgan fingerprint density at radius 1 is 1.00 bits per heavy atom. The van der Waals surface area contributed by atoms with Crippen molar-refractivity contribution < 1.29 is 13.9 Å². The van der Waals surface area contributed by atoms with E-state index in [1.165, 1.54) is 19.2 Å². The van der Waals surface area contributed by atoms with Crippen LogP contribution in [-0.2, 0) is 0 Å². The van der Waals surface area contributed by atoms with Crippen LogP contribution in [0.25, 0.3) is 0 Å². The molecule has 0 amide bonds. The zero-order chi connectivity index (χ0) is 14.0. The third-order valence-electron chi connectivity index (χ3n) is 2.97. The number of benzene rings is 2. The molecule has 0 aromatic heterocycles. The average Bonchev–Trinajstić information content (AvgIpc) is 2.38. The molecule has 98 valence electrons. The van der Waals surface area contributed by atoms with E-state index in [0.29, 0.717) is 11.3 Å². The molecule has 2 nitrogen and oxygen atoms in total. The third kappa shape index (κ3) is 2.65. The van der Waals surface area contributed by atoms with Gasteiger partial charge in [-0.1, -0.05) is 17.7 Å². The van der Waals surface area contributed by atoms with E-state index in [2.05, 4.69) is 0 Å². The molecule has 0 unspecified atom stereocenters. The van der Waals surface area contributed by atoms with E-state index in [9.17, 15) is 9.18 Å². The Hall–Kier alpha value is -2.16. The molecule has 2 aromatic carbocycles. The monoisotopic (exact) mass is 258 g/mol. The second-order valence-electron chi connectivity index (χ2n) is 4.52. The van der Waals surface area contributed by atoms with Gasteiger partial charge in [0, 0.05) is 0 Å². The Morgan fingerprint density at radius 3 is 2.26 bits per heavy atom. The van der Waals surface area contributed by atoms with Crippen LogP contribution >= 0.6 is 0 Å². The first-order valence-electron chi connectivity index (χ1n) is 5.98. The molecule has 3 heteroatoms. The van der Waals surface area contributed by atoms with Gasteiger partial charge >= 0.3 is 0 Å². The minimum Gasteiger partial charge on any atom is -0.496 e. The number of ether oxygens (including phenoxy) is 1. The lowest BCUT2D eigenvalue weighted by Gasteiger charge is -2.09. The number of hydrogen-bond donors (Lipinski definition) is 0. The minimum atomic E-state index is -0.506. The first kappa shape index (κ1) is 13.3. The number of methoxy groups -OCH3 is 1. The number of ketones is 1. The van der Waals surface area contributed by atoms with E-state index < -0.39 is 5.82 Å². The number of carbonyl (C=O) groups excluding carboxylic acids is 1. The van der Waals surface area contributed by atoms with Gasteiger partial charge in [0.2, 0.25) is 0 Å². The number of hydrogen-bond acceptors (Lipinski definition) is 2. The van der Waals surface area contributed by atoms with Crippen LogP contribution in [0.2, 0.25) is 0 Å². The molecule has 0 radical (unpaired) electrons. The highest BCUT2D eigenvalue weighted by Gasteiger charge is 2.18. The quantitative estimate of drug-likeness (QED) is 0.785. The highest BCUT2D eigenvalue weighted by molar-refractivity contribution is 6.11. The van der Waals surface area contributed by atoms with Crippen molar-refractivity contribution in [1.29, 1.82) is 0 Å². The van der Waals surface area contributed by atoms with E-state index in [4.69, 9.17) is 4.74 Å². The maximum absolute atomic E-state index is 13.9. The molecule has 0 spiro atoms. The molecule has 0 fully saturated rings. The van der Waals surface area contributed by atoms with Crippen LogP contribution in [0.5, 0.6) is 5.75 Å². The Labute approximate surface area is 111 Å². The lowest BCUT2D eigenvalue weighted by molar-refractivity contribution is 0.103. The van der Waals surface area contributed by atoms with Crippen LogP contribution in [0.15, 0.2) is 36.4 Å². The fraction of sp³-hybridized carbons (Fsp3) is 0.188. The molecule has 19 heavy (non-hydrogen) atoms. The molecular formula is C16H15FO2. The molecule has 0 atom stereocenters. The summed E-state index contributed by atoms with van der Waals surface area (Å²) in [4.78, 5) is 12.4.